The van der Waals surface area contributed by atoms with Gasteiger partial charge in [0.2, 0.25) is 21.8 Å². The summed E-state index contributed by atoms with van der Waals surface area (Å²) >= 11 is 1.20. The van der Waals surface area contributed by atoms with Crippen molar-refractivity contribution in [2.24, 2.45) is 0 Å². The molecular formula is C22H22N4O5S2. The molecule has 0 bridgehead atoms. The molecule has 1 fully saturated rings. The van der Waals surface area contributed by atoms with E-state index in [0.29, 0.717) is 35.3 Å². The number of ether oxygens (including phenoxy) is 2. The number of sulfonamides is 1. The standard InChI is InChI=1S/C22H22N4O5S2/c27-20(23-17-8-9-18-19(11-17)31-14-30-18)22-25-24-21(32-22)16-7-4-10-26(12-16)33(28,29)13-15-5-2-1-3-6-15/h1-3,5-6,8-9,11,16H,4,7,10,12-14H2,(H,23,27)/t16-/m1/s1. The Bertz CT molecular complexity index is 1260. The number of hydrogen-bond acceptors (Lipinski definition) is 8. The van der Waals surface area contributed by atoms with Gasteiger partial charge in [-0.2, -0.15) is 0 Å². The first-order valence-corrected chi connectivity index (χ1v) is 13.0. The van der Waals surface area contributed by atoms with Crippen LogP contribution in [0.15, 0.2) is 48.5 Å². The quantitative estimate of drug-likeness (QED) is 0.569. The number of hydrogen-bond donors (Lipinski definition) is 1. The summed E-state index contributed by atoms with van der Waals surface area (Å²) in [5, 5.41) is 11.9. The van der Waals surface area contributed by atoms with E-state index in [1.807, 2.05) is 30.3 Å². The summed E-state index contributed by atoms with van der Waals surface area (Å²) in [6.45, 7) is 0.988. The average Bonchev–Trinajstić information content (AvgIpc) is 3.49. The fourth-order valence-corrected chi connectivity index (χ4v) is 6.40. The largest absolute Gasteiger partial charge is 0.454 e. The molecule has 0 aliphatic carbocycles. The number of rotatable bonds is 6. The third-order valence-corrected chi connectivity index (χ3v) is 8.49. The van der Waals surface area contributed by atoms with Gasteiger partial charge in [-0.05, 0) is 30.5 Å². The van der Waals surface area contributed by atoms with E-state index in [4.69, 9.17) is 9.47 Å². The molecule has 2 aliphatic heterocycles. The lowest BCUT2D eigenvalue weighted by molar-refractivity contribution is 0.102. The van der Waals surface area contributed by atoms with Crippen LogP contribution in [0.3, 0.4) is 0 Å². The Morgan fingerprint density at radius 2 is 1.94 bits per heavy atom. The first-order valence-electron chi connectivity index (χ1n) is 10.5. The molecule has 0 saturated carbocycles. The van der Waals surface area contributed by atoms with Crippen LogP contribution in [0.4, 0.5) is 5.69 Å². The Labute approximate surface area is 195 Å². The summed E-state index contributed by atoms with van der Waals surface area (Å²) in [6.07, 6.45) is 1.53. The highest BCUT2D eigenvalue weighted by Crippen LogP contribution is 2.35. The van der Waals surface area contributed by atoms with Crippen molar-refractivity contribution in [2.75, 3.05) is 25.2 Å². The van der Waals surface area contributed by atoms with E-state index in [1.54, 1.807) is 18.2 Å². The molecule has 1 aromatic heterocycles. The van der Waals surface area contributed by atoms with Gasteiger partial charge in [-0.25, -0.2) is 12.7 Å². The predicted octanol–water partition coefficient (Wildman–Crippen LogP) is 3.23. The number of nitrogens with zero attached hydrogens (tertiary/aromatic N) is 3. The molecule has 2 aliphatic rings. The molecule has 3 aromatic rings. The number of carbonyl (C=O) groups is 1. The van der Waals surface area contributed by atoms with Gasteiger partial charge in [-0.3, -0.25) is 4.79 Å². The van der Waals surface area contributed by atoms with Gasteiger partial charge in [-0.15, -0.1) is 10.2 Å². The van der Waals surface area contributed by atoms with Gasteiger partial charge in [0.25, 0.3) is 5.91 Å². The van der Waals surface area contributed by atoms with Crippen molar-refractivity contribution in [1.29, 1.82) is 0 Å². The number of benzene rings is 2. The number of fused-ring (bicyclic) bond motifs is 1. The zero-order valence-electron chi connectivity index (χ0n) is 17.6. The van der Waals surface area contributed by atoms with Crippen LogP contribution in [0.25, 0.3) is 0 Å². The molecule has 3 heterocycles. The number of amides is 1. The van der Waals surface area contributed by atoms with Crippen molar-refractivity contribution in [2.45, 2.75) is 24.5 Å². The maximum atomic E-state index is 12.9. The molecular weight excluding hydrogens is 464 g/mol. The first-order chi connectivity index (χ1) is 16.0. The van der Waals surface area contributed by atoms with Gasteiger partial charge in [0.1, 0.15) is 5.01 Å². The van der Waals surface area contributed by atoms with Crippen molar-refractivity contribution in [3.8, 4) is 11.5 Å². The zero-order valence-corrected chi connectivity index (χ0v) is 19.3. The number of carbonyl (C=O) groups excluding carboxylic acids is 1. The maximum absolute atomic E-state index is 12.9. The Morgan fingerprint density at radius 3 is 2.79 bits per heavy atom. The van der Waals surface area contributed by atoms with Gasteiger partial charge in [0.15, 0.2) is 11.5 Å². The molecule has 0 radical (unpaired) electrons. The molecule has 1 N–H and O–H groups in total. The topological polar surface area (TPSA) is 111 Å². The molecule has 1 amide bonds. The highest BCUT2D eigenvalue weighted by atomic mass is 32.2. The summed E-state index contributed by atoms with van der Waals surface area (Å²) in [4.78, 5) is 12.7. The summed E-state index contributed by atoms with van der Waals surface area (Å²) in [6, 6.07) is 14.3. The van der Waals surface area contributed by atoms with Crippen molar-refractivity contribution >= 4 is 33.0 Å². The Kier molecular flexibility index (Phi) is 6.00. The first kappa shape index (κ1) is 21.8. The van der Waals surface area contributed by atoms with Crippen molar-refractivity contribution < 1.29 is 22.7 Å². The molecule has 1 atom stereocenters. The lowest BCUT2D eigenvalue weighted by Crippen LogP contribution is -2.39. The van der Waals surface area contributed by atoms with E-state index in [9.17, 15) is 13.2 Å². The minimum absolute atomic E-state index is 0.0279. The van der Waals surface area contributed by atoms with E-state index in [1.165, 1.54) is 15.6 Å². The highest BCUT2D eigenvalue weighted by molar-refractivity contribution is 7.88. The normalized spacial score (nSPS) is 18.2. The molecule has 172 valence electrons. The molecule has 11 heteroatoms. The van der Waals surface area contributed by atoms with Gasteiger partial charge >= 0.3 is 0 Å². The predicted molar refractivity (Wildman–Crippen MR) is 123 cm³/mol. The van der Waals surface area contributed by atoms with Gasteiger partial charge in [-0.1, -0.05) is 41.7 Å². The number of anilines is 1. The second-order valence-electron chi connectivity index (χ2n) is 7.91. The third kappa shape index (κ3) is 4.85. The van der Waals surface area contributed by atoms with Gasteiger partial charge in [0, 0.05) is 30.8 Å². The Morgan fingerprint density at radius 1 is 1.12 bits per heavy atom. The SMILES string of the molecule is O=C(Nc1ccc2c(c1)OCO2)c1nnc([C@@H]2CCCN(S(=O)(=O)Cc3ccccc3)C2)s1. The Hall–Kier alpha value is -3.02. The Balaban J connectivity index is 1.25. The third-order valence-electron chi connectivity index (χ3n) is 5.58. The second-order valence-corrected chi connectivity index (χ2v) is 10.9. The van der Waals surface area contributed by atoms with E-state index in [0.717, 1.165) is 18.4 Å². The van der Waals surface area contributed by atoms with E-state index in [2.05, 4.69) is 15.5 Å². The zero-order chi connectivity index (χ0) is 22.8. The van der Waals surface area contributed by atoms with E-state index >= 15 is 0 Å². The molecule has 33 heavy (non-hydrogen) atoms. The molecule has 2 aromatic carbocycles. The molecule has 1 saturated heterocycles. The van der Waals surface area contributed by atoms with Crippen LogP contribution in [0.1, 0.15) is 39.1 Å². The fourth-order valence-electron chi connectivity index (χ4n) is 3.92. The highest BCUT2D eigenvalue weighted by Gasteiger charge is 2.32. The second kappa shape index (κ2) is 9.08. The molecule has 0 unspecified atom stereocenters. The van der Waals surface area contributed by atoms with Gasteiger partial charge < -0.3 is 14.8 Å². The van der Waals surface area contributed by atoms with Crippen LogP contribution in [0, 0.1) is 0 Å². The molecule has 0 spiro atoms. The van der Waals surface area contributed by atoms with Crippen molar-refractivity contribution in [3.05, 3.63) is 64.1 Å². The van der Waals surface area contributed by atoms with Crippen LogP contribution in [0.2, 0.25) is 0 Å². The summed E-state index contributed by atoms with van der Waals surface area (Å²) in [5.74, 6) is 0.718. The number of nitrogens with one attached hydrogen (secondary N) is 1. The lowest BCUT2D eigenvalue weighted by atomic mass is 10.0. The minimum Gasteiger partial charge on any atom is -0.454 e. The van der Waals surface area contributed by atoms with E-state index in [-0.39, 0.29) is 29.4 Å². The average molecular weight is 487 g/mol. The smallest absolute Gasteiger partial charge is 0.286 e. The number of piperidine rings is 1. The van der Waals surface area contributed by atoms with Crippen LogP contribution in [-0.2, 0) is 15.8 Å². The summed E-state index contributed by atoms with van der Waals surface area (Å²) in [7, 11) is -3.44. The fraction of sp³-hybridized carbons (Fsp3) is 0.318. The van der Waals surface area contributed by atoms with Crippen molar-refractivity contribution in [1.82, 2.24) is 14.5 Å². The maximum Gasteiger partial charge on any atom is 0.286 e. The number of aromatic nitrogens is 2. The van der Waals surface area contributed by atoms with Crippen LogP contribution >= 0.6 is 11.3 Å². The van der Waals surface area contributed by atoms with Crippen LogP contribution < -0.4 is 14.8 Å². The molecule has 5 rings (SSSR count). The summed E-state index contributed by atoms with van der Waals surface area (Å²) in [5.41, 5.74) is 1.33. The van der Waals surface area contributed by atoms with E-state index < -0.39 is 10.0 Å². The summed E-state index contributed by atoms with van der Waals surface area (Å²) < 4.78 is 38.0. The monoisotopic (exact) mass is 486 g/mol. The van der Waals surface area contributed by atoms with Crippen molar-refractivity contribution in [3.63, 3.8) is 0 Å². The molecule has 9 nitrogen and oxygen atoms in total. The van der Waals surface area contributed by atoms with Crippen LogP contribution in [-0.4, -0.2) is 48.7 Å². The lowest BCUT2D eigenvalue weighted by Gasteiger charge is -2.30. The van der Waals surface area contributed by atoms with Crippen LogP contribution in [0.5, 0.6) is 11.5 Å². The van der Waals surface area contributed by atoms with Gasteiger partial charge in [0.05, 0.1) is 5.75 Å². The minimum atomic E-state index is -3.44.